The van der Waals surface area contributed by atoms with Gasteiger partial charge in [-0.2, -0.15) is 0 Å². The first-order valence-corrected chi connectivity index (χ1v) is 9.34. The van der Waals surface area contributed by atoms with E-state index in [1.807, 2.05) is 0 Å². The van der Waals surface area contributed by atoms with Crippen molar-refractivity contribution in [1.82, 2.24) is 0 Å². The highest BCUT2D eigenvalue weighted by Crippen LogP contribution is 2.34. The van der Waals surface area contributed by atoms with Gasteiger partial charge in [0.15, 0.2) is 5.69 Å². The second-order valence-corrected chi connectivity index (χ2v) is 8.18. The number of pyridine rings is 1. The molecule has 0 spiro atoms. The lowest BCUT2D eigenvalue weighted by atomic mass is 10.0. The van der Waals surface area contributed by atoms with Crippen molar-refractivity contribution in [2.75, 3.05) is 11.5 Å². The molecule has 0 bridgehead atoms. The van der Waals surface area contributed by atoms with Crippen LogP contribution in [0.1, 0.15) is 44.5 Å². The number of aromatic nitrogens is 1. The molecule has 1 aromatic heterocycles. The molecule has 0 aliphatic carbocycles. The number of nitrogens with zero attached hydrogens (tertiary/aromatic N) is 2. The average molecular weight is 407 g/mol. The Morgan fingerprint density at radius 3 is 2.62 bits per heavy atom. The Morgan fingerprint density at radius 1 is 1.31 bits per heavy atom. The van der Waals surface area contributed by atoms with E-state index in [-0.39, 0.29) is 30.5 Å². The quantitative estimate of drug-likeness (QED) is 0.606. The summed E-state index contributed by atoms with van der Waals surface area (Å²) in [5.74, 6) is -1.24. The van der Waals surface area contributed by atoms with Crippen LogP contribution in [0.3, 0.4) is 0 Å². The summed E-state index contributed by atoms with van der Waals surface area (Å²) in [7, 11) is 0. The minimum atomic E-state index is -0.699. The number of halogens is 2. The zero-order chi connectivity index (χ0) is 21.5. The van der Waals surface area contributed by atoms with Crippen LogP contribution in [0.4, 0.5) is 19.3 Å². The van der Waals surface area contributed by atoms with Crippen LogP contribution in [0.15, 0.2) is 24.3 Å². The van der Waals surface area contributed by atoms with E-state index in [4.69, 9.17) is 9.47 Å². The number of carbonyl (C=O) groups excluding carboxylic acids is 1. The maximum absolute atomic E-state index is 14.1. The molecule has 1 aliphatic heterocycles. The Balaban J connectivity index is 2.06. The maximum Gasteiger partial charge on any atom is 0.441 e. The third-order valence-corrected chi connectivity index (χ3v) is 4.65. The highest BCUT2D eigenvalue weighted by molar-refractivity contribution is 5.90. The first-order chi connectivity index (χ1) is 13.5. The Kier molecular flexibility index (Phi) is 5.38. The fraction of sp³-hybridized carbons (Fsp3) is 0.429. The number of rotatable bonds is 2. The van der Waals surface area contributed by atoms with E-state index >= 15 is 0 Å². The van der Waals surface area contributed by atoms with E-state index < -0.39 is 23.3 Å². The normalized spacial score (nSPS) is 16.2. The van der Waals surface area contributed by atoms with Crippen molar-refractivity contribution in [2.24, 2.45) is 0 Å². The molecule has 2 heterocycles. The van der Waals surface area contributed by atoms with Gasteiger partial charge in [-0.3, -0.25) is 10.1 Å². The van der Waals surface area contributed by atoms with Crippen LogP contribution in [0, 0.1) is 18.6 Å². The molecular weight excluding hydrogens is 382 g/mol. The van der Waals surface area contributed by atoms with Gasteiger partial charge in [0, 0.05) is 25.0 Å². The standard InChI is InChI=1S/C21H25F2N2O4/c1-12-11-28-19-18(24(12)20(26)29-21(3,4)5)9-15(13(2)25(19)27)8-14-6-7-16(22)10-17(14)23/h6-7,9-10,12,27H,8,11H2,1-5H3/q+1/t12-/m0/s1. The van der Waals surface area contributed by atoms with Crippen LogP contribution in [0.5, 0.6) is 5.88 Å². The van der Waals surface area contributed by atoms with Gasteiger partial charge < -0.3 is 9.47 Å². The van der Waals surface area contributed by atoms with Crippen LogP contribution in [-0.4, -0.2) is 29.6 Å². The molecule has 2 aromatic rings. The topological polar surface area (TPSA) is 62.9 Å². The van der Waals surface area contributed by atoms with Gasteiger partial charge in [0.1, 0.15) is 23.8 Å². The molecule has 0 saturated heterocycles. The first kappa shape index (κ1) is 20.8. The monoisotopic (exact) mass is 407 g/mol. The van der Waals surface area contributed by atoms with Gasteiger partial charge in [-0.05, 0) is 45.4 Å². The molecule has 3 rings (SSSR count). The van der Waals surface area contributed by atoms with E-state index in [0.29, 0.717) is 16.9 Å². The second-order valence-electron chi connectivity index (χ2n) is 8.18. The third-order valence-electron chi connectivity index (χ3n) is 4.65. The summed E-state index contributed by atoms with van der Waals surface area (Å²) >= 11 is 0. The number of hydrogen-bond acceptors (Lipinski definition) is 4. The summed E-state index contributed by atoms with van der Waals surface area (Å²) < 4.78 is 39.3. The van der Waals surface area contributed by atoms with E-state index in [9.17, 15) is 18.8 Å². The summed E-state index contributed by atoms with van der Waals surface area (Å²) in [5, 5.41) is 10.6. The van der Waals surface area contributed by atoms with Crippen molar-refractivity contribution in [1.29, 1.82) is 0 Å². The molecule has 0 unspecified atom stereocenters. The lowest BCUT2D eigenvalue weighted by Crippen LogP contribution is -2.51. The van der Waals surface area contributed by atoms with Gasteiger partial charge in [-0.1, -0.05) is 6.07 Å². The van der Waals surface area contributed by atoms with E-state index in [1.54, 1.807) is 40.7 Å². The smallest absolute Gasteiger partial charge is 0.441 e. The van der Waals surface area contributed by atoms with Crippen LogP contribution >= 0.6 is 0 Å². The van der Waals surface area contributed by atoms with Crippen molar-refractivity contribution in [3.8, 4) is 5.88 Å². The van der Waals surface area contributed by atoms with Gasteiger partial charge in [-0.15, -0.1) is 0 Å². The van der Waals surface area contributed by atoms with Gasteiger partial charge in [0.05, 0.1) is 10.8 Å². The van der Waals surface area contributed by atoms with Gasteiger partial charge in [0.2, 0.25) is 5.69 Å². The highest BCUT2D eigenvalue weighted by atomic mass is 19.1. The van der Waals surface area contributed by atoms with Crippen LogP contribution in [-0.2, 0) is 11.2 Å². The fourth-order valence-electron chi connectivity index (χ4n) is 3.19. The Labute approximate surface area is 168 Å². The zero-order valence-electron chi connectivity index (χ0n) is 17.1. The molecule has 1 aromatic carbocycles. The van der Waals surface area contributed by atoms with Gasteiger partial charge in [0.25, 0.3) is 0 Å². The molecule has 156 valence electrons. The molecule has 1 atom stereocenters. The molecular formula is C21H25F2N2O4+. The van der Waals surface area contributed by atoms with Crippen molar-refractivity contribution in [2.45, 2.75) is 52.7 Å². The predicted octanol–water partition coefficient (Wildman–Crippen LogP) is 3.91. The zero-order valence-corrected chi connectivity index (χ0v) is 17.1. The lowest BCUT2D eigenvalue weighted by molar-refractivity contribution is -0.910. The molecule has 29 heavy (non-hydrogen) atoms. The fourth-order valence-corrected chi connectivity index (χ4v) is 3.19. The summed E-state index contributed by atoms with van der Waals surface area (Å²) in [6, 6.07) is 4.68. The Bertz CT molecular complexity index is 957. The molecule has 0 fully saturated rings. The average Bonchev–Trinajstić information content (AvgIpc) is 2.59. The minimum Gasteiger partial charge on any atom is -0.443 e. The number of hydrogen-bond donors (Lipinski definition) is 1. The lowest BCUT2D eigenvalue weighted by Gasteiger charge is -2.34. The van der Waals surface area contributed by atoms with E-state index in [2.05, 4.69) is 0 Å². The largest absolute Gasteiger partial charge is 0.443 e. The van der Waals surface area contributed by atoms with Crippen molar-refractivity contribution >= 4 is 11.8 Å². The second kappa shape index (κ2) is 7.50. The maximum atomic E-state index is 14.1. The third kappa shape index (κ3) is 4.26. The molecule has 0 radical (unpaired) electrons. The predicted molar refractivity (Wildman–Crippen MR) is 101 cm³/mol. The van der Waals surface area contributed by atoms with E-state index in [1.165, 1.54) is 17.0 Å². The summed E-state index contributed by atoms with van der Waals surface area (Å²) in [6.07, 6.45) is -0.472. The SMILES string of the molecule is Cc1c(Cc2ccc(F)cc2F)cc2c([n+]1O)OC[C@H](C)N2C(=O)OC(C)(C)C. The highest BCUT2D eigenvalue weighted by Gasteiger charge is 2.40. The van der Waals surface area contributed by atoms with Crippen LogP contribution < -0.4 is 14.4 Å². The minimum absolute atomic E-state index is 0.0995. The molecule has 8 heteroatoms. The summed E-state index contributed by atoms with van der Waals surface area (Å²) in [6.45, 7) is 8.92. The van der Waals surface area contributed by atoms with Crippen molar-refractivity contribution < 1.29 is 33.0 Å². The number of fused-ring (bicyclic) bond motifs is 1. The van der Waals surface area contributed by atoms with Gasteiger partial charge in [-0.25, -0.2) is 13.6 Å². The summed E-state index contributed by atoms with van der Waals surface area (Å²) in [5.41, 5.74) is 0.871. The number of benzene rings is 1. The molecule has 0 saturated carbocycles. The van der Waals surface area contributed by atoms with Gasteiger partial charge >= 0.3 is 12.0 Å². The van der Waals surface area contributed by atoms with E-state index in [0.717, 1.165) is 10.8 Å². The number of anilines is 1. The van der Waals surface area contributed by atoms with Crippen molar-refractivity contribution in [3.63, 3.8) is 0 Å². The van der Waals surface area contributed by atoms with Crippen molar-refractivity contribution in [3.05, 3.63) is 52.7 Å². The van der Waals surface area contributed by atoms with Crippen LogP contribution in [0.25, 0.3) is 0 Å². The number of ether oxygens (including phenoxy) is 2. The Morgan fingerprint density at radius 2 is 2.00 bits per heavy atom. The van der Waals surface area contributed by atoms with Crippen LogP contribution in [0.2, 0.25) is 0 Å². The number of carbonyl (C=O) groups is 1. The number of amides is 1. The molecule has 1 N–H and O–H groups in total. The Hall–Kier alpha value is -2.90. The summed E-state index contributed by atoms with van der Waals surface area (Å²) in [4.78, 5) is 14.2. The molecule has 1 amide bonds. The molecule has 6 nitrogen and oxygen atoms in total. The molecule has 1 aliphatic rings. The first-order valence-electron chi connectivity index (χ1n) is 9.34.